The quantitative estimate of drug-likeness (QED) is 0.351. The molecule has 0 aliphatic carbocycles. The first-order chi connectivity index (χ1) is 8.61. The molecular weight excluding hydrogens is 236 g/mol. The van der Waals surface area contributed by atoms with E-state index >= 15 is 0 Å². The second kappa shape index (κ2) is 4.91. The number of Topliss-reactive ketones (excluding diaryl/α,β-unsaturated/α-hetero) is 1. The van der Waals surface area contributed by atoms with E-state index in [1.165, 1.54) is 20.1 Å². The molecule has 0 amide bonds. The van der Waals surface area contributed by atoms with Gasteiger partial charge in [-0.15, -0.1) is 0 Å². The van der Waals surface area contributed by atoms with Gasteiger partial charge in [-0.1, -0.05) is 6.07 Å². The first-order valence-corrected chi connectivity index (χ1v) is 5.32. The van der Waals surface area contributed by atoms with Gasteiger partial charge in [0.1, 0.15) is 5.57 Å². The molecule has 1 heterocycles. The van der Waals surface area contributed by atoms with Crippen LogP contribution < -0.4 is 9.47 Å². The van der Waals surface area contributed by atoms with E-state index in [4.69, 9.17) is 9.47 Å². The van der Waals surface area contributed by atoms with Crippen LogP contribution in [-0.4, -0.2) is 25.7 Å². The van der Waals surface area contributed by atoms with Crippen molar-refractivity contribution in [1.82, 2.24) is 0 Å². The van der Waals surface area contributed by atoms with Crippen LogP contribution in [0.2, 0.25) is 0 Å². The highest BCUT2D eigenvalue weighted by atomic mass is 16.7. The molecule has 1 aromatic rings. The van der Waals surface area contributed by atoms with Crippen molar-refractivity contribution in [2.45, 2.75) is 6.92 Å². The zero-order chi connectivity index (χ0) is 13.1. The van der Waals surface area contributed by atoms with Gasteiger partial charge in [0.2, 0.25) is 6.79 Å². The van der Waals surface area contributed by atoms with Crippen molar-refractivity contribution in [3.05, 3.63) is 29.3 Å². The number of esters is 1. The molecule has 0 spiro atoms. The van der Waals surface area contributed by atoms with Crippen molar-refractivity contribution in [2.75, 3.05) is 13.9 Å². The lowest BCUT2D eigenvalue weighted by atomic mass is 10.1. The Hall–Kier alpha value is -2.30. The third-order valence-corrected chi connectivity index (χ3v) is 2.49. The number of hydrogen-bond acceptors (Lipinski definition) is 5. The molecule has 0 unspecified atom stereocenters. The molecule has 5 heteroatoms. The summed E-state index contributed by atoms with van der Waals surface area (Å²) in [5, 5.41) is 0. The van der Waals surface area contributed by atoms with Gasteiger partial charge in [-0.3, -0.25) is 4.79 Å². The van der Waals surface area contributed by atoms with E-state index in [1.807, 2.05) is 0 Å². The molecular formula is C13H12O5. The molecule has 0 saturated carbocycles. The molecule has 1 aliphatic rings. The Bertz CT molecular complexity index is 530. The summed E-state index contributed by atoms with van der Waals surface area (Å²) < 4.78 is 14.9. The Morgan fingerprint density at radius 3 is 2.67 bits per heavy atom. The molecule has 0 atom stereocenters. The van der Waals surface area contributed by atoms with E-state index in [1.54, 1.807) is 18.2 Å². The summed E-state index contributed by atoms with van der Waals surface area (Å²) in [7, 11) is 1.23. The number of hydrogen-bond donors (Lipinski definition) is 0. The third kappa shape index (κ3) is 2.34. The maximum Gasteiger partial charge on any atom is 0.341 e. The average Bonchev–Trinajstić information content (AvgIpc) is 2.82. The number of ketones is 1. The highest BCUT2D eigenvalue weighted by Gasteiger charge is 2.17. The number of carbonyl (C=O) groups is 2. The minimum Gasteiger partial charge on any atom is -0.465 e. The third-order valence-electron chi connectivity index (χ3n) is 2.49. The van der Waals surface area contributed by atoms with Crippen LogP contribution in [0.5, 0.6) is 11.5 Å². The molecule has 5 nitrogen and oxygen atoms in total. The zero-order valence-corrected chi connectivity index (χ0v) is 10.1. The number of fused-ring (bicyclic) bond motifs is 1. The SMILES string of the molecule is COC(=O)C(=Cc1ccc2c(c1)OCO2)C(C)=O. The Morgan fingerprint density at radius 2 is 2.00 bits per heavy atom. The van der Waals surface area contributed by atoms with Gasteiger partial charge >= 0.3 is 5.97 Å². The van der Waals surface area contributed by atoms with Gasteiger partial charge in [-0.05, 0) is 30.7 Å². The highest BCUT2D eigenvalue weighted by Crippen LogP contribution is 2.33. The Kier molecular flexibility index (Phi) is 3.32. The monoisotopic (exact) mass is 248 g/mol. The molecule has 0 radical (unpaired) electrons. The van der Waals surface area contributed by atoms with Crippen LogP contribution >= 0.6 is 0 Å². The van der Waals surface area contributed by atoms with Crippen molar-refractivity contribution >= 4 is 17.8 Å². The predicted molar refractivity (Wildman–Crippen MR) is 63.2 cm³/mol. The largest absolute Gasteiger partial charge is 0.465 e. The van der Waals surface area contributed by atoms with Crippen LogP contribution in [-0.2, 0) is 14.3 Å². The first kappa shape index (κ1) is 12.2. The second-order valence-electron chi connectivity index (χ2n) is 3.72. The van der Waals surface area contributed by atoms with E-state index in [0.29, 0.717) is 17.1 Å². The van der Waals surface area contributed by atoms with E-state index < -0.39 is 5.97 Å². The molecule has 0 fully saturated rings. The number of rotatable bonds is 3. The number of methoxy groups -OCH3 is 1. The minimum absolute atomic E-state index is 0.00337. The molecule has 18 heavy (non-hydrogen) atoms. The standard InChI is InChI=1S/C13H12O5/c1-8(14)10(13(15)16-2)5-9-3-4-11-12(6-9)18-7-17-11/h3-6H,7H2,1-2H3. The van der Waals surface area contributed by atoms with Crippen LogP contribution in [0.25, 0.3) is 6.08 Å². The zero-order valence-electron chi connectivity index (χ0n) is 10.1. The average molecular weight is 248 g/mol. The minimum atomic E-state index is -0.653. The van der Waals surface area contributed by atoms with Crippen LogP contribution in [0.3, 0.4) is 0 Å². The fraction of sp³-hybridized carbons (Fsp3) is 0.231. The summed E-state index contributed by atoms with van der Waals surface area (Å²) >= 11 is 0. The Balaban J connectivity index is 2.35. The van der Waals surface area contributed by atoms with Crippen LogP contribution in [0.15, 0.2) is 23.8 Å². The van der Waals surface area contributed by atoms with Crippen LogP contribution in [0.1, 0.15) is 12.5 Å². The van der Waals surface area contributed by atoms with Crippen molar-refractivity contribution < 1.29 is 23.8 Å². The van der Waals surface area contributed by atoms with Gasteiger partial charge in [-0.25, -0.2) is 4.79 Å². The molecule has 0 N–H and O–H groups in total. The number of ether oxygens (including phenoxy) is 3. The maximum atomic E-state index is 11.4. The van der Waals surface area contributed by atoms with Crippen molar-refractivity contribution in [1.29, 1.82) is 0 Å². The Labute approximate surface area is 104 Å². The summed E-state index contributed by atoms with van der Waals surface area (Å²) in [4.78, 5) is 22.8. The van der Waals surface area contributed by atoms with E-state index in [0.717, 1.165) is 0 Å². The lowest BCUT2D eigenvalue weighted by Crippen LogP contribution is -2.11. The van der Waals surface area contributed by atoms with Gasteiger partial charge in [0.15, 0.2) is 17.3 Å². The lowest BCUT2D eigenvalue weighted by Gasteiger charge is -2.02. The van der Waals surface area contributed by atoms with Gasteiger partial charge in [0.05, 0.1) is 7.11 Å². The van der Waals surface area contributed by atoms with Crippen molar-refractivity contribution in [2.24, 2.45) is 0 Å². The van der Waals surface area contributed by atoms with Crippen LogP contribution in [0, 0.1) is 0 Å². The summed E-state index contributed by atoms with van der Waals surface area (Å²) in [6, 6.07) is 5.16. The normalized spacial score (nSPS) is 13.3. The fourth-order valence-corrected chi connectivity index (χ4v) is 1.58. The van der Waals surface area contributed by atoms with E-state index in [2.05, 4.69) is 4.74 Å². The lowest BCUT2D eigenvalue weighted by molar-refractivity contribution is -0.137. The maximum absolute atomic E-state index is 11.4. The molecule has 94 valence electrons. The summed E-state index contributed by atoms with van der Waals surface area (Å²) in [5.74, 6) is 0.241. The Morgan fingerprint density at radius 1 is 1.28 bits per heavy atom. The molecule has 1 aromatic carbocycles. The summed E-state index contributed by atoms with van der Waals surface area (Å²) in [5.41, 5.74) is 0.672. The smallest absolute Gasteiger partial charge is 0.341 e. The topological polar surface area (TPSA) is 61.8 Å². The van der Waals surface area contributed by atoms with Crippen LogP contribution in [0.4, 0.5) is 0 Å². The molecule has 0 saturated heterocycles. The van der Waals surface area contributed by atoms with Crippen molar-refractivity contribution in [3.8, 4) is 11.5 Å². The second-order valence-corrected chi connectivity index (χ2v) is 3.72. The van der Waals surface area contributed by atoms with Gasteiger partial charge in [-0.2, -0.15) is 0 Å². The molecule has 0 aromatic heterocycles. The predicted octanol–water partition coefficient (Wildman–Crippen LogP) is 1.56. The number of carbonyl (C=O) groups excluding carboxylic acids is 2. The summed E-state index contributed by atoms with van der Waals surface area (Å²) in [6.45, 7) is 1.49. The van der Waals surface area contributed by atoms with Gasteiger partial charge in [0.25, 0.3) is 0 Å². The molecule has 1 aliphatic heterocycles. The fourth-order valence-electron chi connectivity index (χ4n) is 1.58. The van der Waals surface area contributed by atoms with Gasteiger partial charge in [0, 0.05) is 0 Å². The highest BCUT2D eigenvalue weighted by molar-refractivity contribution is 6.19. The van der Waals surface area contributed by atoms with E-state index in [9.17, 15) is 9.59 Å². The van der Waals surface area contributed by atoms with E-state index in [-0.39, 0.29) is 18.1 Å². The summed E-state index contributed by atoms with van der Waals surface area (Å²) in [6.07, 6.45) is 1.47. The van der Waals surface area contributed by atoms with Gasteiger partial charge < -0.3 is 14.2 Å². The molecule has 2 rings (SSSR count). The molecule has 0 bridgehead atoms. The van der Waals surface area contributed by atoms with Crippen molar-refractivity contribution in [3.63, 3.8) is 0 Å². The first-order valence-electron chi connectivity index (χ1n) is 5.32. The number of benzene rings is 1.